The van der Waals surface area contributed by atoms with Crippen LogP contribution in [0.4, 0.5) is 0 Å². The molecule has 18 heavy (non-hydrogen) atoms. The predicted molar refractivity (Wildman–Crippen MR) is 64.9 cm³/mol. The van der Waals surface area contributed by atoms with Crippen molar-refractivity contribution >= 4 is 17.8 Å². The van der Waals surface area contributed by atoms with Crippen LogP contribution in [0.25, 0.3) is 0 Å². The Morgan fingerprint density at radius 1 is 1.17 bits per heavy atom. The van der Waals surface area contributed by atoms with Gasteiger partial charge in [-0.2, -0.15) is 0 Å². The van der Waals surface area contributed by atoms with E-state index in [9.17, 15) is 14.4 Å². The van der Waals surface area contributed by atoms with E-state index in [2.05, 4.69) is 10.1 Å². The lowest BCUT2D eigenvalue weighted by molar-refractivity contribution is -0.144. The molecule has 0 unspecified atom stereocenters. The first-order valence-electron chi connectivity index (χ1n) is 5.95. The highest BCUT2D eigenvalue weighted by Gasteiger charge is 2.21. The largest absolute Gasteiger partial charge is 0.480 e. The van der Waals surface area contributed by atoms with Crippen molar-refractivity contribution in [1.29, 1.82) is 0 Å². The molecule has 0 aromatic heterocycles. The van der Waals surface area contributed by atoms with Crippen LogP contribution in [0.5, 0.6) is 0 Å². The number of nitrogens with one attached hydrogen (secondary N) is 1. The summed E-state index contributed by atoms with van der Waals surface area (Å²) in [6.07, 6.45) is 1.00. The maximum absolute atomic E-state index is 11.5. The zero-order valence-electron chi connectivity index (χ0n) is 11.1. The molecule has 104 valence electrons. The minimum atomic E-state index is -1.14. The fraction of sp³-hybridized carbons (Fsp3) is 0.750. The van der Waals surface area contributed by atoms with Crippen LogP contribution >= 0.6 is 0 Å². The van der Waals surface area contributed by atoms with E-state index in [1.165, 1.54) is 7.11 Å². The van der Waals surface area contributed by atoms with E-state index in [0.29, 0.717) is 18.8 Å². The fourth-order valence-corrected chi connectivity index (χ4v) is 1.31. The van der Waals surface area contributed by atoms with Crippen molar-refractivity contribution in [2.45, 2.75) is 45.6 Å². The number of rotatable bonds is 8. The summed E-state index contributed by atoms with van der Waals surface area (Å²) in [5.41, 5.74) is 0. The number of carbonyl (C=O) groups is 3. The third-order valence-corrected chi connectivity index (χ3v) is 2.45. The third-order valence-electron chi connectivity index (χ3n) is 2.45. The number of carbonyl (C=O) groups excluding carboxylic acids is 2. The van der Waals surface area contributed by atoms with Crippen molar-refractivity contribution in [1.82, 2.24) is 5.32 Å². The van der Waals surface area contributed by atoms with Crippen molar-refractivity contribution < 1.29 is 24.2 Å². The van der Waals surface area contributed by atoms with Gasteiger partial charge in [-0.3, -0.25) is 9.59 Å². The predicted octanol–water partition coefficient (Wildman–Crippen LogP) is 0.945. The average Bonchev–Trinajstić information content (AvgIpc) is 2.30. The van der Waals surface area contributed by atoms with Gasteiger partial charge in [-0.25, -0.2) is 4.79 Å². The van der Waals surface area contributed by atoms with Crippen LogP contribution in [0.2, 0.25) is 0 Å². The van der Waals surface area contributed by atoms with Crippen LogP contribution in [0.15, 0.2) is 0 Å². The molecule has 2 N–H and O–H groups in total. The highest BCUT2D eigenvalue weighted by molar-refractivity contribution is 5.84. The SMILES string of the molecule is COC(=O)CC[C@H](NC(=O)CCC(C)C)C(=O)O. The summed E-state index contributed by atoms with van der Waals surface area (Å²) in [6, 6.07) is -1.04. The lowest BCUT2D eigenvalue weighted by atomic mass is 10.1. The van der Waals surface area contributed by atoms with E-state index >= 15 is 0 Å². The number of methoxy groups -OCH3 is 1. The summed E-state index contributed by atoms with van der Waals surface area (Å²) in [5, 5.41) is 11.3. The van der Waals surface area contributed by atoms with Gasteiger partial charge in [0.25, 0.3) is 0 Å². The van der Waals surface area contributed by atoms with E-state index in [1.807, 2.05) is 13.8 Å². The second-order valence-electron chi connectivity index (χ2n) is 4.51. The zero-order valence-corrected chi connectivity index (χ0v) is 11.1. The lowest BCUT2D eigenvalue weighted by Crippen LogP contribution is -2.41. The smallest absolute Gasteiger partial charge is 0.326 e. The van der Waals surface area contributed by atoms with Crippen LogP contribution in [0, 0.1) is 5.92 Å². The summed E-state index contributed by atoms with van der Waals surface area (Å²) in [4.78, 5) is 33.3. The Morgan fingerprint density at radius 3 is 2.22 bits per heavy atom. The van der Waals surface area contributed by atoms with Crippen LogP contribution in [-0.2, 0) is 19.1 Å². The Bertz CT molecular complexity index is 301. The molecule has 0 spiro atoms. The Balaban J connectivity index is 4.15. The molecule has 0 bridgehead atoms. The molecule has 6 nitrogen and oxygen atoms in total. The van der Waals surface area contributed by atoms with Crippen molar-refractivity contribution in [2.75, 3.05) is 7.11 Å². The first-order chi connectivity index (χ1) is 8.36. The van der Waals surface area contributed by atoms with Gasteiger partial charge >= 0.3 is 11.9 Å². The lowest BCUT2D eigenvalue weighted by Gasteiger charge is -2.14. The van der Waals surface area contributed by atoms with Gasteiger partial charge in [-0.1, -0.05) is 13.8 Å². The molecular formula is C12H21NO5. The van der Waals surface area contributed by atoms with Gasteiger partial charge in [-0.05, 0) is 18.8 Å². The molecule has 0 fully saturated rings. The van der Waals surface area contributed by atoms with Crippen LogP contribution in [0.3, 0.4) is 0 Å². The zero-order chi connectivity index (χ0) is 14.1. The third kappa shape index (κ3) is 7.65. The Labute approximate surface area is 107 Å². The Morgan fingerprint density at radius 2 is 1.78 bits per heavy atom. The van der Waals surface area contributed by atoms with Crippen LogP contribution < -0.4 is 5.32 Å². The van der Waals surface area contributed by atoms with Crippen molar-refractivity contribution in [3.05, 3.63) is 0 Å². The molecule has 0 radical (unpaired) electrons. The number of hydrogen-bond acceptors (Lipinski definition) is 4. The van der Waals surface area contributed by atoms with Crippen LogP contribution in [-0.4, -0.2) is 36.1 Å². The maximum Gasteiger partial charge on any atom is 0.326 e. The highest BCUT2D eigenvalue weighted by atomic mass is 16.5. The molecule has 0 aromatic rings. The Kier molecular flexibility index (Phi) is 7.74. The Hall–Kier alpha value is -1.59. The minimum Gasteiger partial charge on any atom is -0.480 e. The molecular weight excluding hydrogens is 238 g/mol. The van der Waals surface area contributed by atoms with Crippen LogP contribution in [0.1, 0.15) is 39.5 Å². The molecule has 6 heteroatoms. The van der Waals surface area contributed by atoms with Gasteiger partial charge < -0.3 is 15.2 Å². The number of amides is 1. The van der Waals surface area contributed by atoms with Crippen molar-refractivity contribution in [3.8, 4) is 0 Å². The molecule has 1 amide bonds. The number of esters is 1. The summed E-state index contributed by atoms with van der Waals surface area (Å²) >= 11 is 0. The maximum atomic E-state index is 11.5. The van der Waals surface area contributed by atoms with E-state index in [0.717, 1.165) is 0 Å². The summed E-state index contributed by atoms with van der Waals surface area (Å²) in [7, 11) is 1.24. The van der Waals surface area contributed by atoms with Gasteiger partial charge in [0.1, 0.15) is 6.04 Å². The quantitative estimate of drug-likeness (QED) is 0.633. The van der Waals surface area contributed by atoms with E-state index in [4.69, 9.17) is 5.11 Å². The van der Waals surface area contributed by atoms with E-state index in [1.54, 1.807) is 0 Å². The molecule has 0 heterocycles. The molecule has 0 saturated heterocycles. The molecule has 0 aliphatic rings. The summed E-state index contributed by atoms with van der Waals surface area (Å²) < 4.78 is 4.42. The number of carboxylic acid groups (broad SMARTS) is 1. The molecule has 0 aliphatic carbocycles. The summed E-state index contributed by atoms with van der Waals surface area (Å²) in [6.45, 7) is 3.97. The van der Waals surface area contributed by atoms with Gasteiger partial charge in [0, 0.05) is 12.8 Å². The van der Waals surface area contributed by atoms with E-state index < -0.39 is 18.0 Å². The monoisotopic (exact) mass is 259 g/mol. The number of carboxylic acids is 1. The van der Waals surface area contributed by atoms with Gasteiger partial charge in [0.05, 0.1) is 7.11 Å². The van der Waals surface area contributed by atoms with Gasteiger partial charge in [0.15, 0.2) is 0 Å². The average molecular weight is 259 g/mol. The highest BCUT2D eigenvalue weighted by Crippen LogP contribution is 2.05. The number of ether oxygens (including phenoxy) is 1. The number of aliphatic carboxylic acids is 1. The standard InChI is InChI=1S/C12H21NO5/c1-8(2)4-6-10(14)13-9(12(16)17)5-7-11(15)18-3/h8-9H,4-7H2,1-3H3,(H,13,14)(H,16,17)/t9-/m0/s1. The molecule has 1 atom stereocenters. The normalized spacial score (nSPS) is 12.0. The van der Waals surface area contributed by atoms with Gasteiger partial charge in [-0.15, -0.1) is 0 Å². The molecule has 0 aliphatic heterocycles. The van der Waals surface area contributed by atoms with Crippen molar-refractivity contribution in [3.63, 3.8) is 0 Å². The second kappa shape index (κ2) is 8.49. The van der Waals surface area contributed by atoms with Crippen molar-refractivity contribution in [2.24, 2.45) is 5.92 Å². The number of hydrogen-bond donors (Lipinski definition) is 2. The van der Waals surface area contributed by atoms with Gasteiger partial charge in [0.2, 0.25) is 5.91 Å². The second-order valence-corrected chi connectivity index (χ2v) is 4.51. The minimum absolute atomic E-state index is 0.0298. The first kappa shape index (κ1) is 16.4. The fourth-order valence-electron chi connectivity index (χ4n) is 1.31. The summed E-state index contributed by atoms with van der Waals surface area (Å²) in [5.74, 6) is -1.55. The molecule has 0 rings (SSSR count). The molecule has 0 aromatic carbocycles. The molecule has 0 saturated carbocycles. The first-order valence-corrected chi connectivity index (χ1v) is 5.95. The van der Waals surface area contributed by atoms with E-state index in [-0.39, 0.29) is 18.7 Å². The topological polar surface area (TPSA) is 92.7 Å².